The molecular formula is C41H41N11O8S. The Morgan fingerprint density at radius 2 is 1.59 bits per heavy atom. The van der Waals surface area contributed by atoms with Crippen LogP contribution in [0.25, 0.3) is 11.2 Å². The minimum Gasteiger partial charge on any atom is -0.368 e. The molecule has 6 amide bonds. The number of para-hydroxylation sites is 1. The number of piperazine rings is 1. The first kappa shape index (κ1) is 40.6. The molecule has 0 aliphatic carbocycles. The van der Waals surface area contributed by atoms with Gasteiger partial charge in [0, 0.05) is 56.8 Å². The molecule has 0 bridgehead atoms. The highest BCUT2D eigenvalue weighted by atomic mass is 32.2. The van der Waals surface area contributed by atoms with E-state index in [4.69, 9.17) is 0 Å². The van der Waals surface area contributed by atoms with E-state index in [0.29, 0.717) is 54.5 Å². The zero-order chi connectivity index (χ0) is 43.0. The zero-order valence-electron chi connectivity index (χ0n) is 33.1. The molecule has 19 nitrogen and oxygen atoms in total. The minimum atomic E-state index is -3.59. The molecule has 0 spiro atoms. The Labute approximate surface area is 349 Å². The molecule has 3 aliphatic rings. The normalized spacial score (nSPS) is 16.8. The molecule has 2 fully saturated rings. The van der Waals surface area contributed by atoms with Crippen LogP contribution >= 0.6 is 0 Å². The number of aromatic amines is 1. The predicted molar refractivity (Wildman–Crippen MR) is 223 cm³/mol. The van der Waals surface area contributed by atoms with Crippen LogP contribution in [0.3, 0.4) is 0 Å². The summed E-state index contributed by atoms with van der Waals surface area (Å²) >= 11 is 0. The van der Waals surface area contributed by atoms with E-state index in [1.165, 1.54) is 24.5 Å². The number of carbonyl (C=O) groups is 6. The number of piperidine rings is 1. The number of hydrogen-bond acceptors (Lipinski definition) is 14. The first-order valence-corrected chi connectivity index (χ1v) is 21.2. The van der Waals surface area contributed by atoms with Gasteiger partial charge in [0.2, 0.25) is 29.6 Å². The lowest BCUT2D eigenvalue weighted by Gasteiger charge is -2.36. The Kier molecular flexibility index (Phi) is 10.9. The molecule has 61 heavy (non-hydrogen) atoms. The maximum absolute atomic E-state index is 13.4. The smallest absolute Gasteiger partial charge is 0.264 e. The molecule has 0 saturated carbocycles. The van der Waals surface area contributed by atoms with Crippen LogP contribution in [0.4, 0.5) is 34.5 Å². The van der Waals surface area contributed by atoms with Gasteiger partial charge in [-0.1, -0.05) is 18.2 Å². The maximum Gasteiger partial charge on any atom is 0.264 e. The fourth-order valence-corrected chi connectivity index (χ4v) is 8.69. The summed E-state index contributed by atoms with van der Waals surface area (Å²) in [4.78, 5) is 98.0. The zero-order valence-corrected chi connectivity index (χ0v) is 33.9. The fraction of sp³-hybridized carbons (Fsp3) is 0.293. The first-order chi connectivity index (χ1) is 29.3. The summed E-state index contributed by atoms with van der Waals surface area (Å²) in [5, 5.41) is 10.6. The third kappa shape index (κ3) is 8.08. The van der Waals surface area contributed by atoms with Gasteiger partial charge in [0.15, 0.2) is 21.3 Å². The number of aromatic nitrogens is 4. The van der Waals surface area contributed by atoms with Crippen molar-refractivity contribution in [3.63, 3.8) is 0 Å². The third-order valence-electron chi connectivity index (χ3n) is 10.8. The number of carbonyl (C=O) groups excluding carboxylic acids is 6. The van der Waals surface area contributed by atoms with E-state index in [2.05, 4.69) is 46.1 Å². The van der Waals surface area contributed by atoms with E-state index >= 15 is 0 Å². The summed E-state index contributed by atoms with van der Waals surface area (Å²) < 4.78 is 26.2. The number of sulfone groups is 1. The molecule has 5 heterocycles. The van der Waals surface area contributed by atoms with Crippen molar-refractivity contribution in [1.82, 2.24) is 35.1 Å². The van der Waals surface area contributed by atoms with Gasteiger partial charge in [0.25, 0.3) is 11.8 Å². The van der Waals surface area contributed by atoms with Crippen LogP contribution in [0.5, 0.6) is 0 Å². The average Bonchev–Trinajstić information content (AvgIpc) is 3.82. The third-order valence-corrected chi connectivity index (χ3v) is 13.0. The van der Waals surface area contributed by atoms with E-state index in [1.54, 1.807) is 43.0 Å². The Bertz CT molecular complexity index is 2710. The Balaban J connectivity index is 0.842. The fourth-order valence-electron chi connectivity index (χ4n) is 7.49. The number of benzene rings is 3. The predicted octanol–water partition coefficient (Wildman–Crippen LogP) is 3.49. The number of fused-ring (bicyclic) bond motifs is 2. The van der Waals surface area contributed by atoms with Crippen LogP contribution in [-0.4, -0.2) is 111 Å². The number of rotatable bonds is 12. The lowest BCUT2D eigenvalue weighted by molar-refractivity contribution is -0.136. The van der Waals surface area contributed by atoms with Gasteiger partial charge in [0.05, 0.1) is 39.0 Å². The number of H-pyrrole nitrogens is 1. The van der Waals surface area contributed by atoms with Crippen molar-refractivity contribution in [1.29, 1.82) is 0 Å². The van der Waals surface area contributed by atoms with E-state index in [9.17, 15) is 37.2 Å². The van der Waals surface area contributed by atoms with Crippen LogP contribution in [0.2, 0.25) is 0 Å². The molecule has 2 saturated heterocycles. The van der Waals surface area contributed by atoms with Crippen molar-refractivity contribution < 1.29 is 37.2 Å². The van der Waals surface area contributed by atoms with Crippen molar-refractivity contribution in [2.45, 2.75) is 55.7 Å². The lowest BCUT2D eigenvalue weighted by Crippen LogP contribution is -2.54. The molecule has 5 N–H and O–H groups in total. The summed E-state index contributed by atoms with van der Waals surface area (Å²) in [7, 11) is -3.59. The molecule has 1 atom stereocenters. The van der Waals surface area contributed by atoms with Gasteiger partial charge in [-0.2, -0.15) is 9.97 Å². The van der Waals surface area contributed by atoms with E-state index < -0.39 is 50.7 Å². The Morgan fingerprint density at radius 1 is 0.852 bits per heavy atom. The van der Waals surface area contributed by atoms with E-state index in [0.717, 1.165) is 10.6 Å². The van der Waals surface area contributed by atoms with E-state index in [-0.39, 0.29) is 59.2 Å². The maximum atomic E-state index is 13.4. The quantitative estimate of drug-likeness (QED) is 0.113. The van der Waals surface area contributed by atoms with Gasteiger partial charge in [0.1, 0.15) is 11.6 Å². The summed E-state index contributed by atoms with van der Waals surface area (Å²) in [6.45, 7) is 5.25. The average molecular weight is 848 g/mol. The molecule has 8 rings (SSSR count). The van der Waals surface area contributed by atoms with Crippen LogP contribution in [0, 0.1) is 0 Å². The number of nitrogens with one attached hydrogen (secondary N) is 5. The van der Waals surface area contributed by atoms with Crippen molar-refractivity contribution in [2.75, 3.05) is 47.0 Å². The van der Waals surface area contributed by atoms with Crippen molar-refractivity contribution in [3.8, 4) is 0 Å². The van der Waals surface area contributed by atoms with Crippen molar-refractivity contribution >= 4 is 91.0 Å². The largest absolute Gasteiger partial charge is 0.368 e. The lowest BCUT2D eigenvalue weighted by atomic mass is 10.0. The molecular weight excluding hydrogens is 807 g/mol. The second-order valence-electron chi connectivity index (χ2n) is 15.0. The Morgan fingerprint density at radius 3 is 2.33 bits per heavy atom. The van der Waals surface area contributed by atoms with Gasteiger partial charge in [-0.15, -0.1) is 0 Å². The highest BCUT2D eigenvalue weighted by molar-refractivity contribution is 7.92. The molecule has 5 aromatic rings. The van der Waals surface area contributed by atoms with Crippen molar-refractivity contribution in [3.05, 3.63) is 84.2 Å². The number of anilines is 6. The number of amides is 6. The number of imidazole rings is 1. The van der Waals surface area contributed by atoms with Gasteiger partial charge in [-0.05, 0) is 68.8 Å². The standard InChI is InChI=1S/C41H41N11O8S/c1-23(2)61(59,60)30-9-4-3-7-27(30)46-37-35-36(43-22-42-35)48-41(49-37)44-24-10-12-25(13-11-24)50-18-20-51(21-19-50)33(55)17-16-31(53)45-28-8-5-6-26-34(28)40(58)52(39(26)57)29-14-15-32(54)47-38(29)56/h3-13,22-23,29H,14-21H2,1-2H3,(H,45,53)(H,47,54,56)(H3,42,43,44,46,48,49). The molecule has 3 aromatic carbocycles. The van der Waals surface area contributed by atoms with Gasteiger partial charge >= 0.3 is 0 Å². The first-order valence-electron chi connectivity index (χ1n) is 19.6. The number of imide groups is 2. The Hall–Kier alpha value is -7.22. The van der Waals surface area contributed by atoms with Crippen molar-refractivity contribution in [2.24, 2.45) is 0 Å². The summed E-state index contributed by atoms with van der Waals surface area (Å²) in [5.74, 6) is -2.76. The molecule has 20 heteroatoms. The molecule has 1 unspecified atom stereocenters. The van der Waals surface area contributed by atoms with E-state index in [1.807, 2.05) is 24.3 Å². The second kappa shape index (κ2) is 16.4. The summed E-state index contributed by atoms with van der Waals surface area (Å²) in [6.07, 6.45) is 1.26. The molecule has 2 aromatic heterocycles. The topological polar surface area (TPSA) is 249 Å². The van der Waals surface area contributed by atoms with Crippen LogP contribution in [0.1, 0.15) is 60.2 Å². The van der Waals surface area contributed by atoms with Crippen LogP contribution in [-0.2, 0) is 29.0 Å². The van der Waals surface area contributed by atoms with Crippen LogP contribution < -0.4 is 26.2 Å². The second-order valence-corrected chi connectivity index (χ2v) is 17.4. The van der Waals surface area contributed by atoms with Gasteiger partial charge < -0.3 is 30.7 Å². The SMILES string of the molecule is CC(C)S(=O)(=O)c1ccccc1Nc1nc(Nc2ccc(N3CCN(C(=O)CCC(=O)Nc4cccc5c4C(=O)N(C4CCC(=O)NC4=O)C5=O)CC3)cc2)nc2nc[nH]c12. The summed E-state index contributed by atoms with van der Waals surface area (Å²) in [6, 6.07) is 17.6. The molecule has 314 valence electrons. The van der Waals surface area contributed by atoms with Crippen LogP contribution in [0.15, 0.2) is 78.0 Å². The van der Waals surface area contributed by atoms with Gasteiger partial charge in [-0.3, -0.25) is 39.0 Å². The molecule has 0 radical (unpaired) electrons. The summed E-state index contributed by atoms with van der Waals surface area (Å²) in [5.41, 5.74) is 2.99. The van der Waals surface area contributed by atoms with Gasteiger partial charge in [-0.25, -0.2) is 13.4 Å². The highest BCUT2D eigenvalue weighted by Crippen LogP contribution is 2.33. The highest BCUT2D eigenvalue weighted by Gasteiger charge is 2.45. The minimum absolute atomic E-state index is 0.00794. The molecule has 3 aliphatic heterocycles. The monoisotopic (exact) mass is 847 g/mol. The number of hydrogen-bond donors (Lipinski definition) is 5. The number of nitrogens with zero attached hydrogens (tertiary/aromatic N) is 6.